The van der Waals surface area contributed by atoms with E-state index in [9.17, 15) is 0 Å². The number of nitrogens with two attached hydrogens (primary N) is 1. The van der Waals surface area contributed by atoms with E-state index in [1.807, 2.05) is 10.5 Å². The number of hydrogen-bond donors (Lipinski definition) is 1. The van der Waals surface area contributed by atoms with Gasteiger partial charge in [0.1, 0.15) is 12.2 Å². The van der Waals surface area contributed by atoms with Crippen molar-refractivity contribution in [1.82, 2.24) is 19.6 Å². The van der Waals surface area contributed by atoms with Crippen molar-refractivity contribution in [3.63, 3.8) is 0 Å². The van der Waals surface area contributed by atoms with Crippen LogP contribution in [0.25, 0.3) is 5.65 Å². The lowest BCUT2D eigenvalue weighted by molar-refractivity contribution is 0.141. The molecule has 3 rings (SSSR count). The molecular formula is C11H15N5. The normalized spacial score (nSPS) is 18.6. The summed E-state index contributed by atoms with van der Waals surface area (Å²) in [5.41, 5.74) is 6.98. The lowest BCUT2D eigenvalue weighted by Crippen LogP contribution is -2.39. The summed E-state index contributed by atoms with van der Waals surface area (Å²) in [6.07, 6.45) is 8.11. The van der Waals surface area contributed by atoms with Gasteiger partial charge in [-0.1, -0.05) is 6.42 Å². The van der Waals surface area contributed by atoms with Crippen LogP contribution in [-0.4, -0.2) is 26.1 Å². The highest BCUT2D eigenvalue weighted by Crippen LogP contribution is 2.42. The Morgan fingerprint density at radius 2 is 2.25 bits per heavy atom. The Morgan fingerprint density at radius 3 is 2.94 bits per heavy atom. The van der Waals surface area contributed by atoms with Gasteiger partial charge in [-0.15, -0.1) is 10.2 Å². The molecule has 0 unspecified atom stereocenters. The highest BCUT2D eigenvalue weighted by Gasteiger charge is 2.36. The van der Waals surface area contributed by atoms with Crippen molar-refractivity contribution in [2.75, 3.05) is 6.54 Å². The third-order valence-electron chi connectivity index (χ3n) is 3.66. The number of hydrogen-bond acceptors (Lipinski definition) is 4. The van der Waals surface area contributed by atoms with Gasteiger partial charge < -0.3 is 5.73 Å². The summed E-state index contributed by atoms with van der Waals surface area (Å²) in [7, 11) is 0. The molecule has 5 heteroatoms. The van der Waals surface area contributed by atoms with Crippen molar-refractivity contribution < 1.29 is 0 Å². The van der Waals surface area contributed by atoms with Gasteiger partial charge in [-0.25, -0.2) is 4.98 Å². The molecule has 84 valence electrons. The summed E-state index contributed by atoms with van der Waals surface area (Å²) < 4.78 is 1.95. The molecule has 2 heterocycles. The van der Waals surface area contributed by atoms with Gasteiger partial charge in [-0.2, -0.15) is 0 Å². The molecule has 0 bridgehead atoms. The maximum absolute atomic E-state index is 5.86. The van der Waals surface area contributed by atoms with Gasteiger partial charge in [0, 0.05) is 18.7 Å². The minimum Gasteiger partial charge on any atom is -0.330 e. The smallest absolute Gasteiger partial charge is 0.163 e. The highest BCUT2D eigenvalue weighted by molar-refractivity contribution is 5.35. The zero-order valence-corrected chi connectivity index (χ0v) is 9.13. The van der Waals surface area contributed by atoms with Crippen LogP contribution in [0.1, 0.15) is 25.1 Å². The van der Waals surface area contributed by atoms with Gasteiger partial charge in [0.05, 0.1) is 0 Å². The molecule has 1 aliphatic rings. The molecule has 2 aromatic heterocycles. The van der Waals surface area contributed by atoms with Crippen molar-refractivity contribution in [2.24, 2.45) is 11.1 Å². The Hall–Kier alpha value is -1.49. The van der Waals surface area contributed by atoms with Crippen molar-refractivity contribution in [2.45, 2.75) is 25.7 Å². The van der Waals surface area contributed by atoms with Crippen molar-refractivity contribution in [3.05, 3.63) is 24.4 Å². The summed E-state index contributed by atoms with van der Waals surface area (Å²) in [4.78, 5) is 4.10. The molecule has 0 amide bonds. The summed E-state index contributed by atoms with van der Waals surface area (Å²) in [6.45, 7) is 0.738. The molecular weight excluding hydrogens is 202 g/mol. The fourth-order valence-corrected chi connectivity index (χ4v) is 2.38. The highest BCUT2D eigenvalue weighted by atomic mass is 15.3. The second-order valence-electron chi connectivity index (χ2n) is 4.66. The zero-order chi connectivity index (χ0) is 11.0. The van der Waals surface area contributed by atoms with Crippen LogP contribution < -0.4 is 5.73 Å². The Bertz CT molecular complexity index is 494. The quantitative estimate of drug-likeness (QED) is 0.825. The van der Waals surface area contributed by atoms with Gasteiger partial charge in [0.2, 0.25) is 0 Å². The lowest BCUT2D eigenvalue weighted by Gasteiger charge is -2.40. The SMILES string of the molecule is NCC1(Cc2nnc3ccncn23)CCC1. The van der Waals surface area contributed by atoms with Crippen LogP contribution in [0.3, 0.4) is 0 Å². The molecule has 1 saturated carbocycles. The Labute approximate surface area is 93.7 Å². The third kappa shape index (κ3) is 1.39. The fourth-order valence-electron chi connectivity index (χ4n) is 2.38. The van der Waals surface area contributed by atoms with Crippen molar-refractivity contribution in [3.8, 4) is 0 Å². The minimum atomic E-state index is 0.263. The molecule has 0 spiro atoms. The second kappa shape index (κ2) is 3.52. The van der Waals surface area contributed by atoms with E-state index in [0.717, 1.165) is 24.4 Å². The van der Waals surface area contributed by atoms with E-state index in [-0.39, 0.29) is 5.41 Å². The average Bonchev–Trinajstić information content (AvgIpc) is 2.67. The van der Waals surface area contributed by atoms with Crippen LogP contribution in [0.4, 0.5) is 0 Å². The van der Waals surface area contributed by atoms with Crippen molar-refractivity contribution >= 4 is 5.65 Å². The molecule has 1 aliphatic carbocycles. The maximum Gasteiger partial charge on any atom is 0.163 e. The molecule has 2 N–H and O–H groups in total. The molecule has 0 atom stereocenters. The van der Waals surface area contributed by atoms with Crippen molar-refractivity contribution in [1.29, 1.82) is 0 Å². The number of nitrogens with zero attached hydrogens (tertiary/aromatic N) is 4. The monoisotopic (exact) mass is 217 g/mol. The Balaban J connectivity index is 1.94. The van der Waals surface area contributed by atoms with E-state index < -0.39 is 0 Å². The molecule has 0 aliphatic heterocycles. The third-order valence-corrected chi connectivity index (χ3v) is 3.66. The van der Waals surface area contributed by atoms with Gasteiger partial charge in [0.25, 0.3) is 0 Å². The predicted octanol–water partition coefficient (Wildman–Crippen LogP) is 0.796. The Kier molecular flexibility index (Phi) is 2.14. The maximum atomic E-state index is 5.86. The molecule has 2 aromatic rings. The number of fused-ring (bicyclic) bond motifs is 1. The lowest BCUT2D eigenvalue weighted by atomic mass is 9.66. The van der Waals surface area contributed by atoms with Gasteiger partial charge in [-0.05, 0) is 24.8 Å². The van der Waals surface area contributed by atoms with Crippen LogP contribution in [0, 0.1) is 5.41 Å². The first-order chi connectivity index (χ1) is 7.83. The van der Waals surface area contributed by atoms with Crippen LogP contribution in [-0.2, 0) is 6.42 Å². The standard InChI is InChI=1S/C11H15N5/c12-7-11(3-1-4-11)6-10-15-14-9-2-5-13-8-16(9)10/h2,5,8H,1,3-4,6-7,12H2. The fraction of sp³-hybridized carbons (Fsp3) is 0.545. The van der Waals surface area contributed by atoms with Crippen LogP contribution in [0.2, 0.25) is 0 Å². The van der Waals surface area contributed by atoms with E-state index in [4.69, 9.17) is 5.73 Å². The molecule has 0 radical (unpaired) electrons. The van der Waals surface area contributed by atoms with E-state index in [1.165, 1.54) is 19.3 Å². The van der Waals surface area contributed by atoms with E-state index in [0.29, 0.717) is 0 Å². The van der Waals surface area contributed by atoms with E-state index >= 15 is 0 Å². The minimum absolute atomic E-state index is 0.263. The topological polar surface area (TPSA) is 69.1 Å². The molecule has 0 aromatic carbocycles. The van der Waals surface area contributed by atoms with E-state index in [2.05, 4.69) is 15.2 Å². The van der Waals surface area contributed by atoms with Crippen LogP contribution in [0.15, 0.2) is 18.6 Å². The number of aromatic nitrogens is 4. The van der Waals surface area contributed by atoms with Gasteiger partial charge in [-0.3, -0.25) is 4.40 Å². The predicted molar refractivity (Wildman–Crippen MR) is 59.8 cm³/mol. The summed E-state index contributed by atoms with van der Waals surface area (Å²) in [5.74, 6) is 0.980. The first kappa shape index (κ1) is 9.72. The zero-order valence-electron chi connectivity index (χ0n) is 9.13. The Morgan fingerprint density at radius 1 is 1.38 bits per heavy atom. The van der Waals surface area contributed by atoms with Gasteiger partial charge >= 0.3 is 0 Å². The molecule has 5 nitrogen and oxygen atoms in total. The summed E-state index contributed by atoms with van der Waals surface area (Å²) in [5, 5.41) is 8.36. The molecule has 1 fully saturated rings. The number of rotatable bonds is 3. The molecule has 0 saturated heterocycles. The van der Waals surface area contributed by atoms with E-state index in [1.54, 1.807) is 12.5 Å². The first-order valence-corrected chi connectivity index (χ1v) is 5.67. The summed E-state index contributed by atoms with van der Waals surface area (Å²) in [6, 6.07) is 1.87. The molecule has 16 heavy (non-hydrogen) atoms. The first-order valence-electron chi connectivity index (χ1n) is 5.67. The largest absolute Gasteiger partial charge is 0.330 e. The van der Waals surface area contributed by atoms with Gasteiger partial charge in [0.15, 0.2) is 5.65 Å². The second-order valence-corrected chi connectivity index (χ2v) is 4.66. The summed E-state index contributed by atoms with van der Waals surface area (Å²) >= 11 is 0. The average molecular weight is 217 g/mol. The van der Waals surface area contributed by atoms with Crippen LogP contribution >= 0.6 is 0 Å². The van der Waals surface area contributed by atoms with Crippen LogP contribution in [0.5, 0.6) is 0 Å².